The zero-order valence-corrected chi connectivity index (χ0v) is 11.6. The van der Waals surface area contributed by atoms with E-state index in [1.54, 1.807) is 5.38 Å². The quantitative estimate of drug-likeness (QED) is 0.794. The summed E-state index contributed by atoms with van der Waals surface area (Å²) in [6.45, 7) is 2.88. The fourth-order valence-electron chi connectivity index (χ4n) is 2.47. The van der Waals surface area contributed by atoms with Crippen LogP contribution in [0.15, 0.2) is 11.4 Å². The monoisotopic (exact) mass is 282 g/mol. The number of carboxylic acids is 1. The Morgan fingerprint density at radius 3 is 2.89 bits per heavy atom. The zero-order chi connectivity index (χ0) is 13.8. The summed E-state index contributed by atoms with van der Waals surface area (Å²) in [5, 5.41) is 16.4. The Balaban J connectivity index is 1.81. The molecule has 0 aliphatic heterocycles. The molecule has 1 aromatic rings. The molecule has 1 aromatic heterocycles. The van der Waals surface area contributed by atoms with Crippen molar-refractivity contribution >= 4 is 28.3 Å². The molecule has 19 heavy (non-hydrogen) atoms. The van der Waals surface area contributed by atoms with Gasteiger partial charge in [-0.05, 0) is 36.1 Å². The van der Waals surface area contributed by atoms with Gasteiger partial charge in [-0.25, -0.2) is 9.59 Å². The van der Waals surface area contributed by atoms with Crippen molar-refractivity contribution < 1.29 is 14.7 Å². The van der Waals surface area contributed by atoms with Gasteiger partial charge in [0.25, 0.3) is 0 Å². The number of urea groups is 1. The molecule has 2 rings (SSSR count). The lowest BCUT2D eigenvalue weighted by atomic mass is 10.1. The predicted octanol–water partition coefficient (Wildman–Crippen LogP) is 3.00. The summed E-state index contributed by atoms with van der Waals surface area (Å²) >= 11 is 1.21. The average Bonchev–Trinajstić information content (AvgIpc) is 2.95. The number of thiophene rings is 1. The topological polar surface area (TPSA) is 78.4 Å². The second-order valence-corrected chi connectivity index (χ2v) is 6.00. The van der Waals surface area contributed by atoms with Gasteiger partial charge in [0.1, 0.15) is 5.00 Å². The standard InChI is InChI=1S/C13H18N2O3S/c1-8-2-3-9(6-8)7-14-13(18)15-11-10(12(16)17)4-5-19-11/h4-5,8-9H,2-3,6-7H2,1H3,(H,16,17)(H2,14,15,18). The third-order valence-electron chi connectivity index (χ3n) is 3.48. The van der Waals surface area contributed by atoms with Crippen molar-refractivity contribution in [2.24, 2.45) is 11.8 Å². The smallest absolute Gasteiger partial charge is 0.338 e. The number of nitrogens with one attached hydrogen (secondary N) is 2. The van der Waals surface area contributed by atoms with Gasteiger partial charge in [-0.2, -0.15) is 0 Å². The molecule has 0 aromatic carbocycles. The molecule has 2 amide bonds. The van der Waals surface area contributed by atoms with Gasteiger partial charge in [-0.1, -0.05) is 13.3 Å². The number of carbonyl (C=O) groups excluding carboxylic acids is 1. The van der Waals surface area contributed by atoms with Gasteiger partial charge in [0.2, 0.25) is 0 Å². The molecule has 5 nitrogen and oxygen atoms in total. The van der Waals surface area contributed by atoms with Crippen molar-refractivity contribution in [3.05, 3.63) is 17.0 Å². The van der Waals surface area contributed by atoms with Crippen molar-refractivity contribution in [2.45, 2.75) is 26.2 Å². The maximum Gasteiger partial charge on any atom is 0.338 e. The summed E-state index contributed by atoms with van der Waals surface area (Å²) in [6.07, 6.45) is 3.53. The molecule has 0 saturated heterocycles. The minimum atomic E-state index is -1.03. The van der Waals surface area contributed by atoms with Crippen molar-refractivity contribution in [2.75, 3.05) is 11.9 Å². The lowest BCUT2D eigenvalue weighted by molar-refractivity contribution is 0.0698. The first kappa shape index (κ1) is 13.9. The summed E-state index contributed by atoms with van der Waals surface area (Å²) in [4.78, 5) is 22.6. The molecule has 0 spiro atoms. The normalized spacial score (nSPS) is 22.2. The van der Waals surface area contributed by atoms with E-state index in [4.69, 9.17) is 5.11 Å². The summed E-state index contributed by atoms with van der Waals surface area (Å²) in [7, 11) is 0. The molecular formula is C13H18N2O3S. The second kappa shape index (κ2) is 6.06. The van der Waals surface area contributed by atoms with E-state index in [2.05, 4.69) is 17.6 Å². The molecule has 0 radical (unpaired) electrons. The van der Waals surface area contributed by atoms with E-state index in [1.165, 1.54) is 23.8 Å². The van der Waals surface area contributed by atoms with Crippen LogP contribution in [0.5, 0.6) is 0 Å². The van der Waals surface area contributed by atoms with Gasteiger partial charge in [-0.3, -0.25) is 5.32 Å². The molecule has 1 saturated carbocycles. The first-order valence-corrected chi connectivity index (χ1v) is 7.30. The SMILES string of the molecule is CC1CCC(CNC(=O)Nc2sccc2C(=O)O)C1. The molecule has 104 valence electrons. The van der Waals surface area contributed by atoms with Crippen LogP contribution in [-0.2, 0) is 0 Å². The van der Waals surface area contributed by atoms with Crippen LogP contribution in [0.4, 0.5) is 9.80 Å². The van der Waals surface area contributed by atoms with Crippen LogP contribution in [0.1, 0.15) is 36.5 Å². The van der Waals surface area contributed by atoms with E-state index >= 15 is 0 Å². The minimum absolute atomic E-state index is 0.134. The van der Waals surface area contributed by atoms with Crippen molar-refractivity contribution in [1.82, 2.24) is 5.32 Å². The number of hydrogen-bond acceptors (Lipinski definition) is 3. The minimum Gasteiger partial charge on any atom is -0.478 e. The van der Waals surface area contributed by atoms with Crippen LogP contribution in [0.25, 0.3) is 0 Å². The predicted molar refractivity (Wildman–Crippen MR) is 74.8 cm³/mol. The van der Waals surface area contributed by atoms with Gasteiger partial charge in [0.05, 0.1) is 5.56 Å². The maximum absolute atomic E-state index is 11.7. The Bertz CT molecular complexity index is 472. The lowest BCUT2D eigenvalue weighted by Gasteiger charge is -2.11. The van der Waals surface area contributed by atoms with Crippen LogP contribution >= 0.6 is 11.3 Å². The first-order chi connectivity index (χ1) is 9.06. The Hall–Kier alpha value is -1.56. The summed E-state index contributed by atoms with van der Waals surface area (Å²) in [6, 6.07) is 1.16. The van der Waals surface area contributed by atoms with Gasteiger partial charge < -0.3 is 10.4 Å². The van der Waals surface area contributed by atoms with Crippen molar-refractivity contribution in [3.8, 4) is 0 Å². The molecule has 1 heterocycles. The Kier molecular flexibility index (Phi) is 4.42. The van der Waals surface area contributed by atoms with Gasteiger partial charge in [0, 0.05) is 6.54 Å². The first-order valence-electron chi connectivity index (χ1n) is 6.42. The van der Waals surface area contributed by atoms with Crippen LogP contribution < -0.4 is 10.6 Å². The van der Waals surface area contributed by atoms with E-state index in [-0.39, 0.29) is 11.6 Å². The maximum atomic E-state index is 11.7. The third-order valence-corrected chi connectivity index (χ3v) is 4.31. The Labute approximate surface area is 116 Å². The number of hydrogen-bond donors (Lipinski definition) is 3. The van der Waals surface area contributed by atoms with Gasteiger partial charge in [-0.15, -0.1) is 11.3 Å². The van der Waals surface area contributed by atoms with E-state index < -0.39 is 5.97 Å². The Morgan fingerprint density at radius 2 is 2.26 bits per heavy atom. The highest BCUT2D eigenvalue weighted by molar-refractivity contribution is 7.14. The summed E-state index contributed by atoms with van der Waals surface area (Å²) in [5.74, 6) is 0.259. The van der Waals surface area contributed by atoms with Gasteiger partial charge >= 0.3 is 12.0 Å². The molecule has 0 bridgehead atoms. The average molecular weight is 282 g/mol. The fraction of sp³-hybridized carbons (Fsp3) is 0.538. The number of amides is 2. The number of carboxylic acid groups (broad SMARTS) is 1. The number of carbonyl (C=O) groups is 2. The van der Waals surface area contributed by atoms with Crippen LogP contribution in [-0.4, -0.2) is 23.7 Å². The lowest BCUT2D eigenvalue weighted by Crippen LogP contribution is -2.32. The number of aromatic carboxylic acids is 1. The summed E-state index contributed by atoms with van der Waals surface area (Å²) < 4.78 is 0. The number of anilines is 1. The molecule has 3 N–H and O–H groups in total. The van der Waals surface area contributed by atoms with Gasteiger partial charge in [0.15, 0.2) is 0 Å². The van der Waals surface area contributed by atoms with Crippen molar-refractivity contribution in [1.29, 1.82) is 0 Å². The van der Waals surface area contributed by atoms with Crippen LogP contribution in [0.2, 0.25) is 0 Å². The van der Waals surface area contributed by atoms with E-state index in [0.29, 0.717) is 17.5 Å². The molecule has 2 unspecified atom stereocenters. The van der Waals surface area contributed by atoms with Crippen LogP contribution in [0, 0.1) is 11.8 Å². The third kappa shape index (κ3) is 3.70. The molecule has 1 fully saturated rings. The Morgan fingerprint density at radius 1 is 1.47 bits per heavy atom. The molecule has 2 atom stereocenters. The number of rotatable bonds is 4. The highest BCUT2D eigenvalue weighted by atomic mass is 32.1. The molecule has 6 heteroatoms. The molecule has 1 aliphatic carbocycles. The summed E-state index contributed by atoms with van der Waals surface area (Å²) in [5.41, 5.74) is 0.134. The molecular weight excluding hydrogens is 264 g/mol. The van der Waals surface area contributed by atoms with Crippen molar-refractivity contribution in [3.63, 3.8) is 0 Å². The highest BCUT2D eigenvalue weighted by Crippen LogP contribution is 2.29. The largest absolute Gasteiger partial charge is 0.478 e. The van der Waals surface area contributed by atoms with E-state index in [9.17, 15) is 9.59 Å². The van der Waals surface area contributed by atoms with Crippen LogP contribution in [0.3, 0.4) is 0 Å². The second-order valence-electron chi connectivity index (χ2n) is 5.09. The van der Waals surface area contributed by atoms with E-state index in [0.717, 1.165) is 18.8 Å². The van der Waals surface area contributed by atoms with E-state index in [1.807, 2.05) is 0 Å². The highest BCUT2D eigenvalue weighted by Gasteiger charge is 2.22. The zero-order valence-electron chi connectivity index (χ0n) is 10.8. The molecule has 1 aliphatic rings. The fourth-order valence-corrected chi connectivity index (χ4v) is 3.24.